The van der Waals surface area contributed by atoms with Gasteiger partial charge in [-0.1, -0.05) is 26.0 Å². The Kier molecular flexibility index (Phi) is 5.71. The third-order valence-corrected chi connectivity index (χ3v) is 5.18. The van der Waals surface area contributed by atoms with E-state index < -0.39 is 18.0 Å². The summed E-state index contributed by atoms with van der Waals surface area (Å²) in [5, 5.41) is 6.31. The Balaban J connectivity index is 1.68. The van der Waals surface area contributed by atoms with Crippen molar-refractivity contribution in [3.8, 4) is 10.6 Å². The van der Waals surface area contributed by atoms with Crippen LogP contribution in [0.2, 0.25) is 0 Å². The predicted molar refractivity (Wildman–Crippen MR) is 108 cm³/mol. The predicted octanol–water partition coefficient (Wildman–Crippen LogP) is 4.28. The molecular weight excluding hydrogens is 362 g/mol. The first-order chi connectivity index (χ1) is 13.0. The lowest BCUT2D eigenvalue weighted by atomic mass is 10.1. The molecule has 0 saturated carbocycles. The van der Waals surface area contributed by atoms with E-state index in [-0.39, 0.29) is 5.92 Å². The van der Waals surface area contributed by atoms with Crippen molar-refractivity contribution in [2.75, 3.05) is 12.4 Å². The molecule has 1 aromatic heterocycles. The third-order valence-electron chi connectivity index (χ3n) is 4.09. The number of ether oxygens (including phenoxy) is 1. The highest BCUT2D eigenvalue weighted by atomic mass is 32.1. The number of carbonyl (C=O) groups is 2. The van der Waals surface area contributed by atoms with Gasteiger partial charge in [0.25, 0.3) is 0 Å². The van der Waals surface area contributed by atoms with Crippen molar-refractivity contribution in [3.05, 3.63) is 48.5 Å². The molecule has 0 bridgehead atoms. The summed E-state index contributed by atoms with van der Waals surface area (Å²) in [4.78, 5) is 28.6. The molecule has 0 aliphatic heterocycles. The monoisotopic (exact) mass is 383 g/mol. The lowest BCUT2D eigenvalue weighted by Crippen LogP contribution is -2.46. The number of urea groups is 1. The molecule has 3 aromatic rings. The topological polar surface area (TPSA) is 80.3 Å². The first kappa shape index (κ1) is 18.8. The average Bonchev–Trinajstić information content (AvgIpc) is 3.10. The van der Waals surface area contributed by atoms with E-state index in [1.54, 1.807) is 11.3 Å². The minimum Gasteiger partial charge on any atom is -0.467 e. The quantitative estimate of drug-likeness (QED) is 0.645. The van der Waals surface area contributed by atoms with Crippen LogP contribution in [-0.4, -0.2) is 30.1 Å². The maximum atomic E-state index is 12.2. The molecule has 0 aliphatic carbocycles. The number of amides is 2. The molecule has 0 spiro atoms. The van der Waals surface area contributed by atoms with E-state index in [2.05, 4.69) is 15.6 Å². The minimum absolute atomic E-state index is 0.0791. The fourth-order valence-corrected chi connectivity index (χ4v) is 3.60. The SMILES string of the molecule is COC(=O)[C@H](NC(=O)Nc1ccc(-c2nc3ccccc3s2)cc1)C(C)C. The molecule has 0 unspecified atom stereocenters. The number of aromatic nitrogens is 1. The zero-order valence-electron chi connectivity index (χ0n) is 15.4. The summed E-state index contributed by atoms with van der Waals surface area (Å²) in [7, 11) is 1.30. The summed E-state index contributed by atoms with van der Waals surface area (Å²) in [6.07, 6.45) is 0. The molecule has 2 N–H and O–H groups in total. The van der Waals surface area contributed by atoms with Crippen LogP contribution in [-0.2, 0) is 9.53 Å². The second kappa shape index (κ2) is 8.18. The van der Waals surface area contributed by atoms with Gasteiger partial charge < -0.3 is 15.4 Å². The second-order valence-electron chi connectivity index (χ2n) is 6.41. The minimum atomic E-state index is -0.697. The van der Waals surface area contributed by atoms with Crippen LogP contribution in [0.3, 0.4) is 0 Å². The Morgan fingerprint density at radius 1 is 1.07 bits per heavy atom. The van der Waals surface area contributed by atoms with E-state index in [4.69, 9.17) is 4.74 Å². The van der Waals surface area contributed by atoms with Gasteiger partial charge in [-0.15, -0.1) is 11.3 Å². The van der Waals surface area contributed by atoms with Crippen molar-refractivity contribution >= 4 is 39.2 Å². The Labute approximate surface area is 161 Å². The van der Waals surface area contributed by atoms with Crippen LogP contribution in [0.25, 0.3) is 20.8 Å². The molecule has 2 aromatic carbocycles. The van der Waals surface area contributed by atoms with Gasteiger partial charge in [-0.05, 0) is 42.3 Å². The fourth-order valence-electron chi connectivity index (χ4n) is 2.62. The fraction of sp³-hybridized carbons (Fsp3) is 0.250. The molecule has 140 valence electrons. The number of hydrogen-bond acceptors (Lipinski definition) is 5. The molecule has 0 fully saturated rings. The summed E-state index contributed by atoms with van der Waals surface area (Å²) >= 11 is 1.63. The normalized spacial score (nSPS) is 12.0. The highest BCUT2D eigenvalue weighted by Gasteiger charge is 2.24. The maximum Gasteiger partial charge on any atom is 0.328 e. The number of methoxy groups -OCH3 is 1. The lowest BCUT2D eigenvalue weighted by molar-refractivity contribution is -0.143. The van der Waals surface area contributed by atoms with Gasteiger partial charge in [0.1, 0.15) is 11.0 Å². The van der Waals surface area contributed by atoms with Crippen LogP contribution in [0.1, 0.15) is 13.8 Å². The number of carbonyl (C=O) groups excluding carboxylic acids is 2. The molecule has 0 saturated heterocycles. The molecule has 7 heteroatoms. The van der Waals surface area contributed by atoms with E-state index in [1.165, 1.54) is 7.11 Å². The zero-order valence-corrected chi connectivity index (χ0v) is 16.2. The Bertz CT molecular complexity index is 918. The van der Waals surface area contributed by atoms with E-state index in [0.29, 0.717) is 5.69 Å². The van der Waals surface area contributed by atoms with E-state index in [0.717, 1.165) is 20.8 Å². The average molecular weight is 383 g/mol. The van der Waals surface area contributed by atoms with Crippen molar-refractivity contribution in [2.24, 2.45) is 5.92 Å². The van der Waals surface area contributed by atoms with Gasteiger partial charge in [0.05, 0.1) is 17.3 Å². The van der Waals surface area contributed by atoms with Gasteiger partial charge in [-0.25, -0.2) is 14.6 Å². The van der Waals surface area contributed by atoms with Gasteiger partial charge in [-0.3, -0.25) is 0 Å². The van der Waals surface area contributed by atoms with Crippen LogP contribution in [0.5, 0.6) is 0 Å². The van der Waals surface area contributed by atoms with E-state index in [1.807, 2.05) is 62.4 Å². The highest BCUT2D eigenvalue weighted by Crippen LogP contribution is 2.30. The summed E-state index contributed by atoms with van der Waals surface area (Å²) in [5.41, 5.74) is 2.59. The van der Waals surface area contributed by atoms with Crippen LogP contribution >= 0.6 is 11.3 Å². The highest BCUT2D eigenvalue weighted by molar-refractivity contribution is 7.21. The number of anilines is 1. The van der Waals surface area contributed by atoms with Crippen LogP contribution < -0.4 is 10.6 Å². The maximum absolute atomic E-state index is 12.2. The second-order valence-corrected chi connectivity index (χ2v) is 7.44. The van der Waals surface area contributed by atoms with Crippen molar-refractivity contribution in [2.45, 2.75) is 19.9 Å². The first-order valence-corrected chi connectivity index (χ1v) is 9.41. The van der Waals surface area contributed by atoms with Crippen LogP contribution in [0, 0.1) is 5.92 Å². The van der Waals surface area contributed by atoms with Gasteiger partial charge in [0.15, 0.2) is 0 Å². The van der Waals surface area contributed by atoms with Gasteiger partial charge in [-0.2, -0.15) is 0 Å². The van der Waals surface area contributed by atoms with Crippen molar-refractivity contribution in [1.29, 1.82) is 0 Å². The number of benzene rings is 2. The van der Waals surface area contributed by atoms with Crippen LogP contribution in [0.4, 0.5) is 10.5 Å². The number of fused-ring (bicyclic) bond motifs is 1. The molecule has 0 radical (unpaired) electrons. The number of para-hydroxylation sites is 1. The van der Waals surface area contributed by atoms with Crippen molar-refractivity contribution in [1.82, 2.24) is 10.3 Å². The Morgan fingerprint density at radius 3 is 2.41 bits per heavy atom. The molecule has 6 nitrogen and oxygen atoms in total. The number of nitrogens with one attached hydrogen (secondary N) is 2. The number of rotatable bonds is 5. The van der Waals surface area contributed by atoms with Gasteiger partial charge in [0.2, 0.25) is 0 Å². The molecule has 0 aliphatic rings. The Morgan fingerprint density at radius 2 is 1.78 bits per heavy atom. The van der Waals surface area contributed by atoms with Gasteiger partial charge in [0, 0.05) is 11.3 Å². The largest absolute Gasteiger partial charge is 0.467 e. The van der Waals surface area contributed by atoms with Crippen molar-refractivity contribution in [3.63, 3.8) is 0 Å². The van der Waals surface area contributed by atoms with Crippen LogP contribution in [0.15, 0.2) is 48.5 Å². The molecule has 1 heterocycles. The molecule has 3 rings (SSSR count). The van der Waals surface area contributed by atoms with Gasteiger partial charge >= 0.3 is 12.0 Å². The Hall–Kier alpha value is -2.93. The number of nitrogens with zero attached hydrogens (tertiary/aromatic N) is 1. The standard InChI is InChI=1S/C20H21N3O3S/c1-12(2)17(19(24)26-3)23-20(25)21-14-10-8-13(9-11-14)18-22-15-6-4-5-7-16(15)27-18/h4-12,17H,1-3H3,(H2,21,23,25)/t17-/m1/s1. The smallest absolute Gasteiger partial charge is 0.328 e. The molecular formula is C20H21N3O3S. The molecule has 27 heavy (non-hydrogen) atoms. The van der Waals surface area contributed by atoms with Crippen molar-refractivity contribution < 1.29 is 14.3 Å². The third kappa shape index (κ3) is 4.43. The number of thiazole rings is 1. The number of hydrogen-bond donors (Lipinski definition) is 2. The molecule has 1 atom stereocenters. The molecule has 2 amide bonds. The van der Waals surface area contributed by atoms with E-state index >= 15 is 0 Å². The van der Waals surface area contributed by atoms with E-state index in [9.17, 15) is 9.59 Å². The number of esters is 1. The summed E-state index contributed by atoms with van der Waals surface area (Å²) < 4.78 is 5.86. The first-order valence-electron chi connectivity index (χ1n) is 8.59. The zero-order chi connectivity index (χ0) is 19.4. The summed E-state index contributed by atoms with van der Waals surface area (Å²) in [6.45, 7) is 3.68. The lowest BCUT2D eigenvalue weighted by Gasteiger charge is -2.20. The summed E-state index contributed by atoms with van der Waals surface area (Å²) in [6, 6.07) is 14.3. The summed E-state index contributed by atoms with van der Waals surface area (Å²) in [5.74, 6) is -0.545.